The normalized spacial score (nSPS) is 21.7. The molecule has 0 N–H and O–H groups in total. The minimum atomic E-state index is -0.903. The maximum absolute atomic E-state index is 13.0. The van der Waals surface area contributed by atoms with Gasteiger partial charge in [-0.05, 0) is 39.7 Å². The van der Waals surface area contributed by atoms with Crippen molar-refractivity contribution < 1.29 is 23.5 Å². The number of carbonyl (C=O) groups is 3. The molecule has 2 atom stereocenters. The van der Waals surface area contributed by atoms with Gasteiger partial charge in [0.25, 0.3) is 0 Å². The summed E-state index contributed by atoms with van der Waals surface area (Å²) < 4.78 is 18.3. The second kappa shape index (κ2) is 9.90. The van der Waals surface area contributed by atoms with Crippen LogP contribution in [0.4, 0.5) is 4.39 Å². The minimum absolute atomic E-state index is 0.0586. The van der Waals surface area contributed by atoms with Crippen molar-refractivity contribution in [1.82, 2.24) is 14.7 Å². The molecule has 7 nitrogen and oxygen atoms in total. The summed E-state index contributed by atoms with van der Waals surface area (Å²) in [4.78, 5) is 42.6. The lowest BCUT2D eigenvalue weighted by molar-refractivity contribution is -0.166. The first-order valence-electron chi connectivity index (χ1n) is 10.7. The molecule has 0 aliphatic carbocycles. The summed E-state index contributed by atoms with van der Waals surface area (Å²) in [5.74, 6) is -0.869. The summed E-state index contributed by atoms with van der Waals surface area (Å²) in [6.07, 6.45) is 3.05. The van der Waals surface area contributed by atoms with Crippen LogP contribution in [-0.4, -0.2) is 90.1 Å². The van der Waals surface area contributed by atoms with E-state index < -0.39 is 17.8 Å². The van der Waals surface area contributed by atoms with Crippen molar-refractivity contribution in [3.63, 3.8) is 0 Å². The number of likely N-dealkylation sites (tertiary alicyclic amines) is 2. The van der Waals surface area contributed by atoms with E-state index in [1.54, 1.807) is 13.1 Å². The summed E-state index contributed by atoms with van der Waals surface area (Å²) in [6.45, 7) is 11.5. The Labute approximate surface area is 179 Å². The molecule has 2 rings (SSSR count). The van der Waals surface area contributed by atoms with Crippen LogP contribution >= 0.6 is 0 Å². The van der Waals surface area contributed by atoms with Crippen molar-refractivity contribution in [3.05, 3.63) is 12.2 Å². The second-order valence-corrected chi connectivity index (χ2v) is 9.66. The van der Waals surface area contributed by atoms with Crippen molar-refractivity contribution >= 4 is 17.8 Å². The van der Waals surface area contributed by atoms with E-state index in [1.807, 2.05) is 34.6 Å². The number of carbonyl (C=O) groups excluding carboxylic acids is 3. The van der Waals surface area contributed by atoms with E-state index in [1.165, 1.54) is 15.9 Å². The van der Waals surface area contributed by atoms with E-state index >= 15 is 0 Å². The van der Waals surface area contributed by atoms with E-state index in [4.69, 9.17) is 4.74 Å². The molecule has 0 aromatic heterocycles. The number of amides is 2. The van der Waals surface area contributed by atoms with Gasteiger partial charge in [0.2, 0.25) is 11.8 Å². The fourth-order valence-electron chi connectivity index (χ4n) is 3.88. The zero-order chi connectivity index (χ0) is 22.6. The van der Waals surface area contributed by atoms with Gasteiger partial charge in [-0.1, -0.05) is 19.9 Å². The van der Waals surface area contributed by atoms with Crippen LogP contribution in [0.5, 0.6) is 0 Å². The van der Waals surface area contributed by atoms with Gasteiger partial charge in [0.15, 0.2) is 0 Å². The lowest BCUT2D eigenvalue weighted by Crippen LogP contribution is -2.50. The monoisotopic (exact) mass is 425 g/mol. The number of hydrogen-bond acceptors (Lipinski definition) is 5. The molecule has 1 unspecified atom stereocenters. The Bertz CT molecular complexity index is 668. The third-order valence-corrected chi connectivity index (χ3v) is 5.44. The SMILES string of the molecule is CC(C)C(C(=O)OC(C)(C)C)N(C)C(=O)[C@H]1CCN(C/C=C/C(=O)N2CC(F)C2)C1. The maximum atomic E-state index is 13.0. The van der Waals surface area contributed by atoms with Crippen LogP contribution in [0, 0.1) is 11.8 Å². The highest BCUT2D eigenvalue weighted by atomic mass is 19.1. The molecule has 0 bridgehead atoms. The second-order valence-electron chi connectivity index (χ2n) is 9.66. The molecule has 2 fully saturated rings. The van der Waals surface area contributed by atoms with Crippen LogP contribution < -0.4 is 0 Å². The molecular formula is C22H36FN3O4. The Kier molecular flexibility index (Phi) is 8.02. The predicted octanol–water partition coefficient (Wildman–Crippen LogP) is 1.87. The maximum Gasteiger partial charge on any atom is 0.329 e. The van der Waals surface area contributed by atoms with E-state index in [2.05, 4.69) is 4.90 Å². The standard InChI is InChI=1S/C22H36FN3O4/c1-15(2)19(21(29)30-22(3,4)5)24(6)20(28)16-9-11-25(12-16)10-7-8-18(27)26-13-17(23)14-26/h7-8,15-17,19H,9-14H2,1-6H3/b8-7+/t16-,19?/m0/s1. The lowest BCUT2D eigenvalue weighted by atomic mass is 9.99. The first-order chi connectivity index (χ1) is 13.9. The van der Waals surface area contributed by atoms with Crippen LogP contribution in [-0.2, 0) is 19.1 Å². The molecule has 2 saturated heterocycles. The third-order valence-electron chi connectivity index (χ3n) is 5.44. The highest BCUT2D eigenvalue weighted by Gasteiger charge is 2.38. The quantitative estimate of drug-likeness (QED) is 0.460. The van der Waals surface area contributed by atoms with E-state index in [9.17, 15) is 18.8 Å². The molecule has 0 saturated carbocycles. The van der Waals surface area contributed by atoms with E-state index in [-0.39, 0.29) is 42.7 Å². The molecule has 0 radical (unpaired) electrons. The van der Waals surface area contributed by atoms with Crippen molar-refractivity contribution in [2.24, 2.45) is 11.8 Å². The molecule has 30 heavy (non-hydrogen) atoms. The van der Waals surface area contributed by atoms with E-state index in [0.29, 0.717) is 19.5 Å². The van der Waals surface area contributed by atoms with Gasteiger partial charge >= 0.3 is 5.97 Å². The molecular weight excluding hydrogens is 389 g/mol. The van der Waals surface area contributed by atoms with Gasteiger partial charge in [-0.15, -0.1) is 0 Å². The molecule has 8 heteroatoms. The summed E-state index contributed by atoms with van der Waals surface area (Å²) in [5.41, 5.74) is -0.608. The summed E-state index contributed by atoms with van der Waals surface area (Å²) >= 11 is 0. The summed E-state index contributed by atoms with van der Waals surface area (Å²) in [7, 11) is 1.67. The third kappa shape index (κ3) is 6.52. The zero-order valence-electron chi connectivity index (χ0n) is 19.1. The van der Waals surface area contributed by atoms with Gasteiger partial charge in [0, 0.05) is 26.2 Å². The smallest absolute Gasteiger partial charge is 0.329 e. The first-order valence-corrected chi connectivity index (χ1v) is 10.7. The molecule has 2 aliphatic heterocycles. The van der Waals surface area contributed by atoms with Gasteiger partial charge in [-0.25, -0.2) is 9.18 Å². The molecule has 2 amide bonds. The van der Waals surface area contributed by atoms with Crippen molar-refractivity contribution in [2.75, 3.05) is 39.8 Å². The summed E-state index contributed by atoms with van der Waals surface area (Å²) in [5, 5.41) is 0. The number of halogens is 1. The number of likely N-dealkylation sites (N-methyl/N-ethyl adjacent to an activating group) is 1. The largest absolute Gasteiger partial charge is 0.458 e. The van der Waals surface area contributed by atoms with Crippen molar-refractivity contribution in [1.29, 1.82) is 0 Å². The number of alkyl halides is 1. The molecule has 170 valence electrons. The van der Waals surface area contributed by atoms with Crippen LogP contribution in [0.25, 0.3) is 0 Å². The van der Waals surface area contributed by atoms with E-state index in [0.717, 1.165) is 6.54 Å². The lowest BCUT2D eigenvalue weighted by Gasteiger charge is -2.33. The average molecular weight is 426 g/mol. The number of ether oxygens (including phenoxy) is 1. The Morgan fingerprint density at radius 1 is 1.20 bits per heavy atom. The Morgan fingerprint density at radius 3 is 2.37 bits per heavy atom. The average Bonchev–Trinajstić information content (AvgIpc) is 3.05. The molecule has 0 spiro atoms. The summed E-state index contributed by atoms with van der Waals surface area (Å²) in [6, 6.07) is -0.626. The first kappa shape index (κ1) is 24.3. The molecule has 0 aromatic rings. The number of nitrogens with zero attached hydrogens (tertiary/aromatic N) is 3. The fourth-order valence-corrected chi connectivity index (χ4v) is 3.88. The van der Waals surface area contributed by atoms with Crippen molar-refractivity contribution in [2.45, 2.75) is 58.9 Å². The van der Waals surface area contributed by atoms with Gasteiger partial charge in [0.05, 0.1) is 19.0 Å². The topological polar surface area (TPSA) is 70.2 Å². The van der Waals surface area contributed by atoms with Crippen LogP contribution in [0.3, 0.4) is 0 Å². The number of rotatable bonds is 7. The van der Waals surface area contributed by atoms with Gasteiger partial charge < -0.3 is 14.5 Å². The zero-order valence-corrected chi connectivity index (χ0v) is 19.1. The van der Waals surface area contributed by atoms with Crippen molar-refractivity contribution in [3.8, 4) is 0 Å². The molecule has 2 heterocycles. The van der Waals surface area contributed by atoms with Crippen LogP contribution in [0.15, 0.2) is 12.2 Å². The molecule has 0 aromatic carbocycles. The van der Waals surface area contributed by atoms with Gasteiger partial charge in [-0.3, -0.25) is 14.5 Å². The van der Waals surface area contributed by atoms with Gasteiger partial charge in [-0.2, -0.15) is 0 Å². The Hall–Kier alpha value is -1.96. The number of hydrogen-bond donors (Lipinski definition) is 0. The highest BCUT2D eigenvalue weighted by molar-refractivity contribution is 5.88. The Morgan fingerprint density at radius 2 is 1.83 bits per heavy atom. The van der Waals surface area contributed by atoms with Crippen LogP contribution in [0.2, 0.25) is 0 Å². The minimum Gasteiger partial charge on any atom is -0.458 e. The highest BCUT2D eigenvalue weighted by Crippen LogP contribution is 2.23. The Balaban J connectivity index is 1.87. The fraction of sp³-hybridized carbons (Fsp3) is 0.773. The molecule has 2 aliphatic rings. The van der Waals surface area contributed by atoms with Crippen LogP contribution in [0.1, 0.15) is 41.0 Å². The predicted molar refractivity (Wildman–Crippen MR) is 112 cm³/mol. The number of esters is 1. The van der Waals surface area contributed by atoms with Gasteiger partial charge in [0.1, 0.15) is 17.8 Å².